The number of hydrogen-bond acceptors (Lipinski definition) is 6. The standard InChI is InChI=1S/C27H34N2O5/c1-6-15-34-21-10-8-9-19(17-21)24-23(26(31)27(32)29(24)14-13-28(4)5)25(30)20-11-12-22(33-7-2)18(3)16-20/h8-12,16-17,24,30H,6-7,13-15H2,1-5H3/b25-23+. The number of Topliss-reactive ketones (excluding diaryl/α,β-unsaturated/α-hetero) is 1. The van der Waals surface area contributed by atoms with Gasteiger partial charge in [0.25, 0.3) is 11.7 Å². The van der Waals surface area contributed by atoms with Gasteiger partial charge in [0.2, 0.25) is 0 Å². The Morgan fingerprint density at radius 1 is 1.09 bits per heavy atom. The zero-order valence-electron chi connectivity index (χ0n) is 20.6. The Balaban J connectivity index is 2.12. The SMILES string of the molecule is CCCOc1cccc(C2/C(=C(\O)c3ccc(OCC)c(C)c3)C(=O)C(=O)N2CCN(C)C)c1. The van der Waals surface area contributed by atoms with Crippen LogP contribution < -0.4 is 9.47 Å². The topological polar surface area (TPSA) is 79.3 Å². The Labute approximate surface area is 201 Å². The van der Waals surface area contributed by atoms with E-state index >= 15 is 0 Å². The van der Waals surface area contributed by atoms with E-state index in [0.29, 0.717) is 43.4 Å². The summed E-state index contributed by atoms with van der Waals surface area (Å²) in [6.07, 6.45) is 0.864. The Morgan fingerprint density at radius 2 is 1.85 bits per heavy atom. The van der Waals surface area contributed by atoms with E-state index in [9.17, 15) is 14.7 Å². The lowest BCUT2D eigenvalue weighted by Crippen LogP contribution is -2.35. The molecule has 34 heavy (non-hydrogen) atoms. The Morgan fingerprint density at radius 3 is 2.50 bits per heavy atom. The molecule has 7 nitrogen and oxygen atoms in total. The first-order chi connectivity index (χ1) is 16.3. The zero-order chi connectivity index (χ0) is 24.8. The van der Waals surface area contributed by atoms with Gasteiger partial charge >= 0.3 is 0 Å². The summed E-state index contributed by atoms with van der Waals surface area (Å²) in [7, 11) is 3.82. The predicted molar refractivity (Wildman–Crippen MR) is 132 cm³/mol. The highest BCUT2D eigenvalue weighted by Gasteiger charge is 2.46. The number of aliphatic hydroxyl groups is 1. The average molecular weight is 467 g/mol. The fourth-order valence-corrected chi connectivity index (χ4v) is 4.03. The number of likely N-dealkylation sites (N-methyl/N-ethyl adjacent to an activating group) is 1. The molecule has 1 aliphatic rings. The maximum atomic E-state index is 13.2. The second-order valence-electron chi connectivity index (χ2n) is 8.63. The van der Waals surface area contributed by atoms with Gasteiger partial charge in [0.1, 0.15) is 17.3 Å². The van der Waals surface area contributed by atoms with E-state index in [1.807, 2.05) is 64.0 Å². The van der Waals surface area contributed by atoms with Crippen molar-refractivity contribution >= 4 is 17.4 Å². The van der Waals surface area contributed by atoms with Gasteiger partial charge in [-0.2, -0.15) is 0 Å². The third kappa shape index (κ3) is 5.42. The fourth-order valence-electron chi connectivity index (χ4n) is 4.03. The van der Waals surface area contributed by atoms with Gasteiger partial charge < -0.3 is 24.4 Å². The van der Waals surface area contributed by atoms with Gasteiger partial charge in [-0.05, 0) is 75.8 Å². The molecule has 1 amide bonds. The molecule has 0 aromatic heterocycles. The number of nitrogens with zero attached hydrogens (tertiary/aromatic N) is 2. The number of likely N-dealkylation sites (tertiary alicyclic amines) is 1. The minimum atomic E-state index is -0.711. The number of rotatable bonds is 10. The van der Waals surface area contributed by atoms with Crippen molar-refractivity contribution in [3.63, 3.8) is 0 Å². The highest BCUT2D eigenvalue weighted by Crippen LogP contribution is 2.40. The number of carbonyl (C=O) groups excluding carboxylic acids is 2. The molecule has 0 bridgehead atoms. The zero-order valence-corrected chi connectivity index (χ0v) is 20.6. The first-order valence-electron chi connectivity index (χ1n) is 11.7. The summed E-state index contributed by atoms with van der Waals surface area (Å²) >= 11 is 0. The largest absolute Gasteiger partial charge is 0.507 e. The average Bonchev–Trinajstić information content (AvgIpc) is 3.07. The lowest BCUT2D eigenvalue weighted by Gasteiger charge is -2.27. The van der Waals surface area contributed by atoms with E-state index in [1.54, 1.807) is 18.2 Å². The normalized spacial score (nSPS) is 17.5. The summed E-state index contributed by atoms with van der Waals surface area (Å²) in [5.41, 5.74) is 2.10. The summed E-state index contributed by atoms with van der Waals surface area (Å²) in [6.45, 7) is 7.83. The van der Waals surface area contributed by atoms with Crippen molar-refractivity contribution < 1.29 is 24.2 Å². The van der Waals surface area contributed by atoms with E-state index in [0.717, 1.165) is 17.5 Å². The molecule has 2 aromatic carbocycles. The number of ether oxygens (including phenoxy) is 2. The number of amides is 1. The molecule has 7 heteroatoms. The smallest absolute Gasteiger partial charge is 0.295 e. The summed E-state index contributed by atoms with van der Waals surface area (Å²) < 4.78 is 11.4. The second kappa shape index (κ2) is 11.2. The van der Waals surface area contributed by atoms with Crippen LogP contribution in [0.5, 0.6) is 11.5 Å². The number of hydrogen-bond donors (Lipinski definition) is 1. The van der Waals surface area contributed by atoms with Crippen molar-refractivity contribution in [3.8, 4) is 11.5 Å². The fraction of sp³-hybridized carbons (Fsp3) is 0.407. The molecule has 1 aliphatic heterocycles. The molecule has 1 fully saturated rings. The minimum Gasteiger partial charge on any atom is -0.507 e. The third-order valence-corrected chi connectivity index (χ3v) is 5.72. The highest BCUT2D eigenvalue weighted by atomic mass is 16.5. The summed E-state index contributed by atoms with van der Waals surface area (Å²) in [6, 6.07) is 11.9. The maximum Gasteiger partial charge on any atom is 0.295 e. The number of aryl methyl sites for hydroxylation is 1. The summed E-state index contributed by atoms with van der Waals surface area (Å²) in [4.78, 5) is 29.8. The van der Waals surface area contributed by atoms with Crippen molar-refractivity contribution in [1.29, 1.82) is 0 Å². The summed E-state index contributed by atoms with van der Waals surface area (Å²) in [5, 5.41) is 11.3. The van der Waals surface area contributed by atoms with Gasteiger partial charge in [0.05, 0.1) is 24.8 Å². The molecule has 2 aromatic rings. The minimum absolute atomic E-state index is 0.0833. The van der Waals surface area contributed by atoms with E-state index in [2.05, 4.69) is 0 Å². The molecule has 3 rings (SSSR count). The first kappa shape index (κ1) is 25.3. The van der Waals surface area contributed by atoms with E-state index in [4.69, 9.17) is 9.47 Å². The van der Waals surface area contributed by atoms with Crippen molar-refractivity contribution in [2.45, 2.75) is 33.2 Å². The molecule has 1 saturated heterocycles. The van der Waals surface area contributed by atoms with Crippen LogP contribution >= 0.6 is 0 Å². The molecular formula is C27H34N2O5. The monoisotopic (exact) mass is 466 g/mol. The van der Waals surface area contributed by atoms with Crippen LogP contribution in [0.3, 0.4) is 0 Å². The van der Waals surface area contributed by atoms with Crippen LogP contribution in [0.1, 0.15) is 43.0 Å². The molecule has 0 radical (unpaired) electrons. The van der Waals surface area contributed by atoms with Crippen molar-refractivity contribution in [2.75, 3.05) is 40.4 Å². The molecule has 1 atom stereocenters. The van der Waals surface area contributed by atoms with Gasteiger partial charge in [-0.15, -0.1) is 0 Å². The van der Waals surface area contributed by atoms with Crippen molar-refractivity contribution in [2.24, 2.45) is 0 Å². The quantitative estimate of drug-likeness (QED) is 0.322. The lowest BCUT2D eigenvalue weighted by atomic mass is 9.94. The van der Waals surface area contributed by atoms with E-state index in [-0.39, 0.29) is 11.3 Å². The van der Waals surface area contributed by atoms with Crippen LogP contribution in [0, 0.1) is 6.92 Å². The van der Waals surface area contributed by atoms with Crippen LogP contribution in [0.15, 0.2) is 48.0 Å². The van der Waals surface area contributed by atoms with Crippen LogP contribution in [0.25, 0.3) is 5.76 Å². The van der Waals surface area contributed by atoms with Gasteiger partial charge in [0.15, 0.2) is 0 Å². The molecular weight excluding hydrogens is 432 g/mol. The van der Waals surface area contributed by atoms with Crippen LogP contribution in [-0.4, -0.2) is 67.0 Å². The lowest BCUT2D eigenvalue weighted by molar-refractivity contribution is -0.140. The Hall–Kier alpha value is -3.32. The first-order valence-corrected chi connectivity index (χ1v) is 11.7. The van der Waals surface area contributed by atoms with Crippen molar-refractivity contribution in [3.05, 3.63) is 64.7 Å². The van der Waals surface area contributed by atoms with Gasteiger partial charge in [-0.3, -0.25) is 9.59 Å². The number of aliphatic hydroxyl groups excluding tert-OH is 1. The number of benzene rings is 2. The van der Waals surface area contributed by atoms with Crippen LogP contribution in [0.4, 0.5) is 0 Å². The second-order valence-corrected chi connectivity index (χ2v) is 8.63. The molecule has 0 saturated carbocycles. The van der Waals surface area contributed by atoms with Gasteiger partial charge in [-0.25, -0.2) is 0 Å². The molecule has 0 spiro atoms. The molecule has 1 unspecified atom stereocenters. The number of ketones is 1. The van der Waals surface area contributed by atoms with Crippen LogP contribution in [-0.2, 0) is 9.59 Å². The van der Waals surface area contributed by atoms with Crippen LogP contribution in [0.2, 0.25) is 0 Å². The highest BCUT2D eigenvalue weighted by molar-refractivity contribution is 6.46. The Bertz CT molecular complexity index is 1080. The predicted octanol–water partition coefficient (Wildman–Crippen LogP) is 4.17. The molecule has 182 valence electrons. The van der Waals surface area contributed by atoms with Crippen molar-refractivity contribution in [1.82, 2.24) is 9.80 Å². The van der Waals surface area contributed by atoms with E-state index in [1.165, 1.54) is 4.90 Å². The molecule has 1 heterocycles. The molecule has 0 aliphatic carbocycles. The Kier molecular flexibility index (Phi) is 8.34. The third-order valence-electron chi connectivity index (χ3n) is 5.72. The number of carbonyl (C=O) groups is 2. The van der Waals surface area contributed by atoms with Gasteiger partial charge in [0, 0.05) is 18.7 Å². The molecule has 1 N–H and O–H groups in total. The summed E-state index contributed by atoms with van der Waals surface area (Å²) in [5.74, 6) is -0.123. The van der Waals surface area contributed by atoms with Gasteiger partial charge in [-0.1, -0.05) is 19.1 Å². The maximum absolute atomic E-state index is 13.2. The van der Waals surface area contributed by atoms with E-state index < -0.39 is 17.7 Å².